The molecule has 3 rings (SSSR count). The Morgan fingerprint density at radius 3 is 2.52 bits per heavy atom. The molecule has 1 amide bonds. The topological polar surface area (TPSA) is 74.6 Å². The van der Waals surface area contributed by atoms with Gasteiger partial charge in [0.25, 0.3) is 0 Å². The van der Waals surface area contributed by atoms with Crippen molar-refractivity contribution in [3.05, 3.63) is 76.8 Å². The first-order valence-corrected chi connectivity index (χ1v) is 10.8. The number of aryl methyl sites for hydroxylation is 1. The molecule has 7 nitrogen and oxygen atoms in total. The molecule has 1 aromatic heterocycles. The summed E-state index contributed by atoms with van der Waals surface area (Å²) < 4.78 is 18.5. The molecule has 0 saturated heterocycles. The largest absolute Gasteiger partial charge is 0.496 e. The minimum Gasteiger partial charge on any atom is -0.496 e. The van der Waals surface area contributed by atoms with Gasteiger partial charge in [-0.3, -0.25) is 4.79 Å². The maximum atomic E-state index is 12.9. The number of carbonyl (C=O) groups is 1. The maximum absolute atomic E-state index is 12.9. The number of aromatic nitrogens is 2. The van der Waals surface area contributed by atoms with Crippen molar-refractivity contribution in [1.82, 2.24) is 14.9 Å². The van der Waals surface area contributed by atoms with Gasteiger partial charge in [-0.1, -0.05) is 29.8 Å². The van der Waals surface area contributed by atoms with Gasteiger partial charge in [-0.15, -0.1) is 0 Å². The van der Waals surface area contributed by atoms with Gasteiger partial charge in [0.05, 0.1) is 25.3 Å². The predicted octanol–water partition coefficient (Wildman–Crippen LogP) is 4.80. The lowest BCUT2D eigenvalue weighted by atomic mass is 10.0. The summed E-state index contributed by atoms with van der Waals surface area (Å²) in [5, 5.41) is 3.43. The molecule has 1 N–H and O–H groups in total. The number of carbonyl (C=O) groups excluding carboxylic acids is 1. The Morgan fingerprint density at radius 2 is 1.88 bits per heavy atom. The third kappa shape index (κ3) is 5.87. The van der Waals surface area contributed by atoms with Crippen LogP contribution in [0.5, 0.6) is 17.2 Å². The normalized spacial score (nSPS) is 12.1. The van der Waals surface area contributed by atoms with Crippen LogP contribution in [0.15, 0.2) is 54.9 Å². The fourth-order valence-electron chi connectivity index (χ4n) is 3.39. The Labute approximate surface area is 198 Å². The summed E-state index contributed by atoms with van der Waals surface area (Å²) in [6.45, 7) is 3.82. The average molecular weight is 470 g/mol. The van der Waals surface area contributed by atoms with E-state index in [1.165, 1.54) is 6.08 Å². The van der Waals surface area contributed by atoms with E-state index in [2.05, 4.69) is 10.3 Å². The molecule has 1 unspecified atom stereocenters. The van der Waals surface area contributed by atoms with Gasteiger partial charge in [-0.2, -0.15) is 0 Å². The summed E-state index contributed by atoms with van der Waals surface area (Å²) in [5.74, 6) is 2.01. The number of amides is 1. The zero-order valence-corrected chi connectivity index (χ0v) is 20.1. The first-order chi connectivity index (χ1) is 15.8. The number of para-hydroxylation sites is 1. The van der Waals surface area contributed by atoms with Crippen LogP contribution in [-0.4, -0.2) is 35.8 Å². The summed E-state index contributed by atoms with van der Waals surface area (Å²) in [5.41, 5.74) is 1.50. The van der Waals surface area contributed by atoms with Gasteiger partial charge in [-0.25, -0.2) is 4.98 Å². The number of hydrogen-bond donors (Lipinski definition) is 1. The number of imidazole rings is 1. The lowest BCUT2D eigenvalue weighted by molar-refractivity contribution is -0.117. The highest BCUT2D eigenvalue weighted by atomic mass is 35.5. The monoisotopic (exact) mass is 469 g/mol. The molecule has 2 aromatic carbocycles. The molecule has 33 heavy (non-hydrogen) atoms. The Morgan fingerprint density at radius 1 is 1.15 bits per heavy atom. The minimum atomic E-state index is -0.502. The number of rotatable bonds is 9. The van der Waals surface area contributed by atoms with Crippen LogP contribution in [0, 0.1) is 0 Å². The lowest BCUT2D eigenvalue weighted by Gasteiger charge is -2.20. The van der Waals surface area contributed by atoms with Crippen molar-refractivity contribution in [1.29, 1.82) is 0 Å². The van der Waals surface area contributed by atoms with Crippen LogP contribution < -0.4 is 19.5 Å². The summed E-state index contributed by atoms with van der Waals surface area (Å²) in [4.78, 5) is 17.3. The molecule has 8 heteroatoms. The quantitative estimate of drug-likeness (QED) is 0.456. The highest BCUT2D eigenvalue weighted by Gasteiger charge is 2.23. The van der Waals surface area contributed by atoms with Crippen molar-refractivity contribution < 1.29 is 19.0 Å². The minimum absolute atomic E-state index is 0.0541. The smallest absolute Gasteiger partial charge is 0.244 e. The zero-order valence-electron chi connectivity index (χ0n) is 19.3. The summed E-state index contributed by atoms with van der Waals surface area (Å²) in [7, 11) is 5.02. The van der Waals surface area contributed by atoms with Gasteiger partial charge >= 0.3 is 0 Å². The standard InChI is InChI=1S/C25H28ClN3O4/c1-16(2)33-24-19(26)14-17(15-21(24)32-5)10-11-22(30)28-23(25-27-12-13-29(25)3)18-8-6-7-9-20(18)31-4/h6-16,23H,1-5H3,(H,28,30)/b11-10+. The third-order valence-corrected chi connectivity index (χ3v) is 5.17. The predicted molar refractivity (Wildman–Crippen MR) is 129 cm³/mol. The molecule has 0 radical (unpaired) electrons. The molecule has 0 saturated carbocycles. The van der Waals surface area contributed by atoms with E-state index < -0.39 is 6.04 Å². The van der Waals surface area contributed by atoms with E-state index in [9.17, 15) is 4.79 Å². The van der Waals surface area contributed by atoms with Crippen LogP contribution in [0.2, 0.25) is 5.02 Å². The van der Waals surface area contributed by atoms with E-state index in [1.54, 1.807) is 38.6 Å². The summed E-state index contributed by atoms with van der Waals surface area (Å²) in [6.07, 6.45) is 6.57. The fourth-order valence-corrected chi connectivity index (χ4v) is 3.65. The van der Waals surface area contributed by atoms with Crippen molar-refractivity contribution in [2.75, 3.05) is 14.2 Å². The average Bonchev–Trinajstić information content (AvgIpc) is 3.22. The fraction of sp³-hybridized carbons (Fsp3) is 0.280. The molecule has 0 spiro atoms. The van der Waals surface area contributed by atoms with Crippen LogP contribution in [0.3, 0.4) is 0 Å². The third-order valence-electron chi connectivity index (χ3n) is 4.89. The molecule has 0 fully saturated rings. The first kappa shape index (κ1) is 24.2. The molecule has 174 valence electrons. The van der Waals surface area contributed by atoms with Crippen LogP contribution in [0.4, 0.5) is 0 Å². The second-order valence-corrected chi connectivity index (χ2v) is 8.02. The molecule has 3 aromatic rings. The van der Waals surface area contributed by atoms with Crippen molar-refractivity contribution in [2.24, 2.45) is 7.05 Å². The van der Waals surface area contributed by atoms with E-state index in [-0.39, 0.29) is 12.0 Å². The zero-order chi connectivity index (χ0) is 24.0. The van der Waals surface area contributed by atoms with Gasteiger partial charge in [0.15, 0.2) is 11.5 Å². The number of nitrogens with one attached hydrogen (secondary N) is 1. The molecular formula is C25H28ClN3O4. The summed E-state index contributed by atoms with van der Waals surface area (Å²) in [6, 6.07) is 10.5. The summed E-state index contributed by atoms with van der Waals surface area (Å²) >= 11 is 6.39. The number of nitrogens with zero attached hydrogens (tertiary/aromatic N) is 2. The van der Waals surface area contributed by atoms with Crippen LogP contribution >= 0.6 is 11.6 Å². The van der Waals surface area contributed by atoms with E-state index in [0.717, 1.165) is 5.56 Å². The van der Waals surface area contributed by atoms with Crippen LogP contribution in [0.25, 0.3) is 6.08 Å². The molecule has 0 aliphatic heterocycles. The van der Waals surface area contributed by atoms with Gasteiger partial charge in [0, 0.05) is 31.1 Å². The number of halogens is 1. The second-order valence-electron chi connectivity index (χ2n) is 7.61. The number of methoxy groups -OCH3 is 2. The van der Waals surface area contributed by atoms with Crippen molar-refractivity contribution in [3.63, 3.8) is 0 Å². The van der Waals surface area contributed by atoms with Crippen molar-refractivity contribution in [3.8, 4) is 17.2 Å². The Bertz CT molecular complexity index is 1140. The van der Waals surface area contributed by atoms with Gasteiger partial charge in [0.1, 0.15) is 17.6 Å². The van der Waals surface area contributed by atoms with Crippen molar-refractivity contribution in [2.45, 2.75) is 26.0 Å². The lowest BCUT2D eigenvalue weighted by Crippen LogP contribution is -2.30. The van der Waals surface area contributed by atoms with E-state index >= 15 is 0 Å². The second kappa shape index (κ2) is 10.9. The van der Waals surface area contributed by atoms with E-state index in [0.29, 0.717) is 33.7 Å². The van der Waals surface area contributed by atoms with Gasteiger partial charge in [0.2, 0.25) is 5.91 Å². The van der Waals surface area contributed by atoms with E-state index in [4.69, 9.17) is 25.8 Å². The Hall–Kier alpha value is -3.45. The van der Waals surface area contributed by atoms with Gasteiger partial charge < -0.3 is 24.1 Å². The van der Waals surface area contributed by atoms with Crippen LogP contribution in [0.1, 0.15) is 36.8 Å². The number of hydrogen-bond acceptors (Lipinski definition) is 5. The number of benzene rings is 2. The molecule has 1 atom stereocenters. The molecule has 0 bridgehead atoms. The van der Waals surface area contributed by atoms with Gasteiger partial charge in [-0.05, 0) is 43.7 Å². The SMILES string of the molecule is COc1ccccc1C(NC(=O)/C=C/c1cc(Cl)c(OC(C)C)c(OC)c1)c1nccn1C. The number of ether oxygens (including phenoxy) is 3. The van der Waals surface area contributed by atoms with Crippen LogP contribution in [-0.2, 0) is 11.8 Å². The highest BCUT2D eigenvalue weighted by Crippen LogP contribution is 2.37. The maximum Gasteiger partial charge on any atom is 0.244 e. The Balaban J connectivity index is 1.87. The van der Waals surface area contributed by atoms with E-state index in [1.807, 2.05) is 55.9 Å². The first-order valence-electron chi connectivity index (χ1n) is 10.5. The Kier molecular flexibility index (Phi) is 8.01. The molecule has 1 heterocycles. The molecule has 0 aliphatic carbocycles. The molecular weight excluding hydrogens is 442 g/mol. The van der Waals surface area contributed by atoms with Crippen molar-refractivity contribution >= 4 is 23.6 Å². The molecule has 0 aliphatic rings. The highest BCUT2D eigenvalue weighted by molar-refractivity contribution is 6.32.